The van der Waals surface area contributed by atoms with Crippen molar-refractivity contribution in [1.29, 1.82) is 0 Å². The summed E-state index contributed by atoms with van der Waals surface area (Å²) in [6, 6.07) is 8.66. The topological polar surface area (TPSA) is 58.0 Å². The van der Waals surface area contributed by atoms with Gasteiger partial charge in [0.2, 0.25) is 0 Å². The van der Waals surface area contributed by atoms with E-state index in [9.17, 15) is 0 Å². The molecule has 0 saturated heterocycles. The lowest BCUT2D eigenvalue weighted by molar-refractivity contribution is 0.311. The van der Waals surface area contributed by atoms with Crippen LogP contribution in [0, 0.1) is 6.92 Å². The summed E-state index contributed by atoms with van der Waals surface area (Å²) in [5.41, 5.74) is 3.70. The SMILES string of the molecule is CCc1ccc(-c2c(C)sc3ncnc(NCCO)c23)cc1. The third kappa shape index (κ3) is 2.69. The van der Waals surface area contributed by atoms with Crippen molar-refractivity contribution in [2.75, 3.05) is 18.5 Å². The van der Waals surface area contributed by atoms with Crippen LogP contribution in [-0.2, 0) is 6.42 Å². The molecule has 1 aromatic carbocycles. The Labute approximate surface area is 133 Å². The molecule has 0 aliphatic carbocycles. The van der Waals surface area contributed by atoms with E-state index in [0.29, 0.717) is 6.54 Å². The molecular formula is C17H19N3OS. The van der Waals surface area contributed by atoms with Gasteiger partial charge in [0.15, 0.2) is 0 Å². The standard InChI is InChI=1S/C17H19N3OS/c1-3-12-4-6-13(7-5-12)14-11(2)22-17-15(14)16(18-8-9-21)19-10-20-17/h4-7,10,21H,3,8-9H2,1-2H3,(H,18,19,20). The van der Waals surface area contributed by atoms with E-state index in [4.69, 9.17) is 5.11 Å². The summed E-state index contributed by atoms with van der Waals surface area (Å²) in [6.45, 7) is 4.83. The molecule has 4 nitrogen and oxygen atoms in total. The van der Waals surface area contributed by atoms with Gasteiger partial charge in [0.05, 0.1) is 12.0 Å². The minimum absolute atomic E-state index is 0.0785. The van der Waals surface area contributed by atoms with E-state index in [1.807, 2.05) is 0 Å². The number of hydrogen-bond acceptors (Lipinski definition) is 5. The number of fused-ring (bicyclic) bond motifs is 1. The molecule has 5 heteroatoms. The zero-order valence-corrected chi connectivity index (χ0v) is 13.6. The Morgan fingerprint density at radius 1 is 1.18 bits per heavy atom. The number of nitrogens with zero attached hydrogens (tertiary/aromatic N) is 2. The Bertz CT molecular complexity index is 780. The van der Waals surface area contributed by atoms with Crippen LogP contribution in [0.3, 0.4) is 0 Å². The molecule has 22 heavy (non-hydrogen) atoms. The lowest BCUT2D eigenvalue weighted by Crippen LogP contribution is -2.07. The molecule has 2 aromatic heterocycles. The highest BCUT2D eigenvalue weighted by Crippen LogP contribution is 2.40. The normalized spacial score (nSPS) is 11.0. The predicted octanol–water partition coefficient (Wildman–Crippen LogP) is 3.63. The Kier molecular flexibility index (Phi) is 4.36. The number of rotatable bonds is 5. The second kappa shape index (κ2) is 6.42. The molecule has 0 spiro atoms. The maximum Gasteiger partial charge on any atom is 0.138 e. The fraction of sp³-hybridized carbons (Fsp3) is 0.294. The summed E-state index contributed by atoms with van der Waals surface area (Å²) in [5, 5.41) is 13.3. The van der Waals surface area contributed by atoms with Gasteiger partial charge in [-0.3, -0.25) is 0 Å². The first-order valence-electron chi connectivity index (χ1n) is 7.42. The van der Waals surface area contributed by atoms with Crippen LogP contribution >= 0.6 is 11.3 Å². The van der Waals surface area contributed by atoms with Gasteiger partial charge in [-0.2, -0.15) is 0 Å². The summed E-state index contributed by atoms with van der Waals surface area (Å²) < 4.78 is 0. The number of thiophene rings is 1. The zero-order chi connectivity index (χ0) is 15.5. The average Bonchev–Trinajstić information content (AvgIpc) is 2.89. The van der Waals surface area contributed by atoms with E-state index in [0.717, 1.165) is 22.5 Å². The highest BCUT2D eigenvalue weighted by molar-refractivity contribution is 7.19. The number of aliphatic hydroxyl groups is 1. The molecular weight excluding hydrogens is 294 g/mol. The van der Waals surface area contributed by atoms with Gasteiger partial charge in [-0.15, -0.1) is 11.3 Å². The molecule has 0 unspecified atom stereocenters. The van der Waals surface area contributed by atoms with E-state index in [1.54, 1.807) is 17.7 Å². The molecule has 114 valence electrons. The summed E-state index contributed by atoms with van der Waals surface area (Å²) in [4.78, 5) is 10.9. The van der Waals surface area contributed by atoms with Crippen molar-refractivity contribution in [1.82, 2.24) is 9.97 Å². The van der Waals surface area contributed by atoms with Crippen LogP contribution in [0.4, 0.5) is 5.82 Å². The summed E-state index contributed by atoms with van der Waals surface area (Å²) >= 11 is 1.68. The smallest absolute Gasteiger partial charge is 0.138 e. The van der Waals surface area contributed by atoms with Gasteiger partial charge in [-0.1, -0.05) is 31.2 Å². The van der Waals surface area contributed by atoms with Crippen molar-refractivity contribution >= 4 is 27.4 Å². The third-order valence-corrected chi connectivity index (χ3v) is 4.73. The molecule has 0 aliphatic rings. The first-order chi connectivity index (χ1) is 10.7. The van der Waals surface area contributed by atoms with Crippen LogP contribution in [0.5, 0.6) is 0 Å². The molecule has 0 atom stereocenters. The Morgan fingerprint density at radius 2 is 1.95 bits per heavy atom. The highest BCUT2D eigenvalue weighted by Gasteiger charge is 2.16. The van der Waals surface area contributed by atoms with Gasteiger partial charge in [-0.05, 0) is 24.5 Å². The lowest BCUT2D eigenvalue weighted by Gasteiger charge is -2.08. The second-order valence-electron chi connectivity index (χ2n) is 5.14. The van der Waals surface area contributed by atoms with Gasteiger partial charge >= 0.3 is 0 Å². The van der Waals surface area contributed by atoms with Gasteiger partial charge in [0.25, 0.3) is 0 Å². The minimum atomic E-state index is 0.0785. The van der Waals surface area contributed by atoms with Crippen LogP contribution < -0.4 is 5.32 Å². The van der Waals surface area contributed by atoms with E-state index >= 15 is 0 Å². The van der Waals surface area contributed by atoms with Gasteiger partial charge in [0, 0.05) is 17.0 Å². The van der Waals surface area contributed by atoms with Gasteiger partial charge in [-0.25, -0.2) is 9.97 Å². The van der Waals surface area contributed by atoms with E-state index in [-0.39, 0.29) is 6.61 Å². The summed E-state index contributed by atoms with van der Waals surface area (Å²) in [7, 11) is 0. The van der Waals surface area contributed by atoms with E-state index < -0.39 is 0 Å². The van der Waals surface area contributed by atoms with Crippen LogP contribution in [0.25, 0.3) is 21.3 Å². The predicted molar refractivity (Wildman–Crippen MR) is 92.5 cm³/mol. The quantitative estimate of drug-likeness (QED) is 0.755. The van der Waals surface area contributed by atoms with Crippen molar-refractivity contribution in [2.45, 2.75) is 20.3 Å². The summed E-state index contributed by atoms with van der Waals surface area (Å²) in [5.74, 6) is 0.790. The molecule has 2 N–H and O–H groups in total. The molecule has 0 fully saturated rings. The maximum absolute atomic E-state index is 9.05. The third-order valence-electron chi connectivity index (χ3n) is 3.72. The maximum atomic E-state index is 9.05. The molecule has 0 aliphatic heterocycles. The molecule has 2 heterocycles. The first kappa shape index (κ1) is 14.9. The number of nitrogens with one attached hydrogen (secondary N) is 1. The first-order valence-corrected chi connectivity index (χ1v) is 8.24. The van der Waals surface area contributed by atoms with E-state index in [1.165, 1.54) is 21.6 Å². The second-order valence-corrected chi connectivity index (χ2v) is 6.34. The Hall–Kier alpha value is -1.98. The lowest BCUT2D eigenvalue weighted by atomic mass is 10.0. The molecule has 0 saturated carbocycles. The minimum Gasteiger partial charge on any atom is -0.395 e. The number of aryl methyl sites for hydroxylation is 2. The van der Waals surface area contributed by atoms with Crippen LogP contribution in [-0.4, -0.2) is 28.2 Å². The fourth-order valence-electron chi connectivity index (χ4n) is 2.61. The zero-order valence-electron chi connectivity index (χ0n) is 12.8. The van der Waals surface area contributed by atoms with Crippen LogP contribution in [0.15, 0.2) is 30.6 Å². The van der Waals surface area contributed by atoms with Gasteiger partial charge in [0.1, 0.15) is 17.0 Å². The Morgan fingerprint density at radius 3 is 2.64 bits per heavy atom. The van der Waals surface area contributed by atoms with Crippen molar-refractivity contribution < 1.29 is 5.11 Å². The molecule has 0 radical (unpaired) electrons. The number of hydrogen-bond donors (Lipinski definition) is 2. The van der Waals surface area contributed by atoms with Crippen molar-refractivity contribution in [2.24, 2.45) is 0 Å². The highest BCUT2D eigenvalue weighted by atomic mass is 32.1. The monoisotopic (exact) mass is 313 g/mol. The Balaban J connectivity index is 2.16. The average molecular weight is 313 g/mol. The molecule has 3 rings (SSSR count). The molecule has 3 aromatic rings. The van der Waals surface area contributed by atoms with Crippen LogP contribution in [0.1, 0.15) is 17.4 Å². The van der Waals surface area contributed by atoms with Crippen molar-refractivity contribution in [3.05, 3.63) is 41.0 Å². The van der Waals surface area contributed by atoms with Crippen LogP contribution in [0.2, 0.25) is 0 Å². The van der Waals surface area contributed by atoms with Crippen molar-refractivity contribution in [3.63, 3.8) is 0 Å². The fourth-order valence-corrected chi connectivity index (χ4v) is 3.62. The van der Waals surface area contributed by atoms with Gasteiger partial charge < -0.3 is 10.4 Å². The molecule has 0 bridgehead atoms. The van der Waals surface area contributed by atoms with E-state index in [2.05, 4.69) is 53.4 Å². The number of aromatic nitrogens is 2. The number of anilines is 1. The van der Waals surface area contributed by atoms with Crippen molar-refractivity contribution in [3.8, 4) is 11.1 Å². The largest absolute Gasteiger partial charge is 0.395 e. The molecule has 0 amide bonds. The number of aliphatic hydroxyl groups excluding tert-OH is 1. The number of benzene rings is 1. The summed E-state index contributed by atoms with van der Waals surface area (Å²) in [6.07, 6.45) is 2.61.